The molecule has 100 valence electrons. The summed E-state index contributed by atoms with van der Waals surface area (Å²) in [6.07, 6.45) is 5.83. The Morgan fingerprint density at radius 2 is 2.42 bits per heavy atom. The molecular formula is C14H17N3O2. The van der Waals surface area contributed by atoms with E-state index in [0.29, 0.717) is 17.1 Å². The maximum Gasteiger partial charge on any atom is 0.337 e. The first-order valence-corrected chi connectivity index (χ1v) is 6.65. The van der Waals surface area contributed by atoms with Gasteiger partial charge < -0.3 is 9.51 Å². The summed E-state index contributed by atoms with van der Waals surface area (Å²) in [5.41, 5.74) is 0.982. The van der Waals surface area contributed by atoms with Crippen molar-refractivity contribution in [3.8, 4) is 0 Å². The van der Waals surface area contributed by atoms with Crippen molar-refractivity contribution in [1.29, 1.82) is 0 Å². The van der Waals surface area contributed by atoms with Gasteiger partial charge in [-0.2, -0.15) is 0 Å². The molecule has 1 aliphatic rings. The largest absolute Gasteiger partial charge is 0.478 e. The number of aromatic nitrogens is 2. The number of imidazole rings is 1. The number of carbonyl (C=O) groups is 1. The lowest BCUT2D eigenvalue weighted by Gasteiger charge is -2.21. The van der Waals surface area contributed by atoms with Crippen LogP contribution in [0.2, 0.25) is 0 Å². The summed E-state index contributed by atoms with van der Waals surface area (Å²) < 4.78 is 1.92. The summed E-state index contributed by atoms with van der Waals surface area (Å²) in [6, 6.07) is 3.69. The molecule has 2 aromatic heterocycles. The first kappa shape index (κ1) is 12.2. The van der Waals surface area contributed by atoms with Gasteiger partial charge in [-0.15, -0.1) is 0 Å². The fourth-order valence-corrected chi connectivity index (χ4v) is 2.97. The van der Waals surface area contributed by atoms with E-state index in [1.54, 1.807) is 18.3 Å². The summed E-state index contributed by atoms with van der Waals surface area (Å²) in [5, 5.41) is 9.20. The number of fused-ring (bicyclic) bond motifs is 1. The Balaban J connectivity index is 2.11. The first-order chi connectivity index (χ1) is 9.22. The number of nitrogens with zero attached hydrogens (tertiary/aromatic N) is 3. The third-order valence-electron chi connectivity index (χ3n) is 3.90. The van der Waals surface area contributed by atoms with Crippen LogP contribution in [0.4, 0.5) is 0 Å². The number of pyridine rings is 1. The Hall–Kier alpha value is -1.88. The van der Waals surface area contributed by atoms with Crippen molar-refractivity contribution in [2.75, 3.05) is 13.1 Å². The van der Waals surface area contributed by atoms with Crippen LogP contribution in [-0.4, -0.2) is 38.4 Å². The lowest BCUT2D eigenvalue weighted by molar-refractivity contribution is 0.0698. The molecule has 3 heterocycles. The molecule has 0 aliphatic carbocycles. The maximum absolute atomic E-state index is 11.2. The lowest BCUT2D eigenvalue weighted by Crippen LogP contribution is -2.24. The van der Waals surface area contributed by atoms with Gasteiger partial charge in [0.2, 0.25) is 0 Å². The zero-order valence-electron chi connectivity index (χ0n) is 10.9. The SMILES string of the molecule is CCN1CCCC1c1ncc2c(C(=O)O)cccn12. The van der Waals surface area contributed by atoms with E-state index >= 15 is 0 Å². The third-order valence-corrected chi connectivity index (χ3v) is 3.90. The van der Waals surface area contributed by atoms with Gasteiger partial charge in [0.1, 0.15) is 5.82 Å². The minimum Gasteiger partial charge on any atom is -0.478 e. The van der Waals surface area contributed by atoms with Crippen molar-refractivity contribution < 1.29 is 9.90 Å². The number of carboxylic acid groups (broad SMARTS) is 1. The Labute approximate surface area is 111 Å². The number of carboxylic acids is 1. The smallest absolute Gasteiger partial charge is 0.337 e. The maximum atomic E-state index is 11.2. The highest BCUT2D eigenvalue weighted by Gasteiger charge is 2.28. The van der Waals surface area contributed by atoms with Gasteiger partial charge >= 0.3 is 5.97 Å². The van der Waals surface area contributed by atoms with E-state index < -0.39 is 5.97 Å². The Kier molecular flexibility index (Phi) is 2.98. The average Bonchev–Trinajstić information content (AvgIpc) is 3.03. The van der Waals surface area contributed by atoms with Crippen LogP contribution in [0.15, 0.2) is 24.5 Å². The standard InChI is InChI=1S/C14H17N3O2/c1-2-16-7-4-6-11(16)13-15-9-12-10(14(18)19)5-3-8-17(12)13/h3,5,8-9,11H,2,4,6-7H2,1H3,(H,18,19). The second kappa shape index (κ2) is 4.66. The number of rotatable bonds is 3. The highest BCUT2D eigenvalue weighted by molar-refractivity contribution is 5.95. The van der Waals surface area contributed by atoms with E-state index in [2.05, 4.69) is 16.8 Å². The highest BCUT2D eigenvalue weighted by Crippen LogP contribution is 2.31. The molecule has 0 aromatic carbocycles. The van der Waals surface area contributed by atoms with E-state index in [-0.39, 0.29) is 0 Å². The fourth-order valence-electron chi connectivity index (χ4n) is 2.97. The molecule has 3 rings (SSSR count). The Bertz CT molecular complexity index is 620. The number of hydrogen-bond donors (Lipinski definition) is 1. The monoisotopic (exact) mass is 259 g/mol. The van der Waals surface area contributed by atoms with Crippen LogP contribution in [-0.2, 0) is 0 Å². The normalized spacial score (nSPS) is 20.2. The molecule has 1 fully saturated rings. The fraction of sp³-hybridized carbons (Fsp3) is 0.429. The zero-order valence-corrected chi connectivity index (χ0v) is 10.9. The molecule has 0 saturated carbocycles. The molecule has 0 spiro atoms. The molecule has 0 radical (unpaired) electrons. The van der Waals surface area contributed by atoms with Gasteiger partial charge in [0, 0.05) is 6.20 Å². The number of aromatic carboxylic acids is 1. The zero-order chi connectivity index (χ0) is 13.4. The molecule has 1 atom stereocenters. The van der Waals surface area contributed by atoms with Crippen LogP contribution < -0.4 is 0 Å². The highest BCUT2D eigenvalue weighted by atomic mass is 16.4. The van der Waals surface area contributed by atoms with Gasteiger partial charge in [-0.25, -0.2) is 9.78 Å². The molecule has 1 unspecified atom stereocenters. The van der Waals surface area contributed by atoms with Gasteiger partial charge in [0.05, 0.1) is 23.3 Å². The molecule has 0 bridgehead atoms. The van der Waals surface area contributed by atoms with E-state index in [4.69, 9.17) is 0 Å². The molecular weight excluding hydrogens is 242 g/mol. The molecule has 0 amide bonds. The Morgan fingerprint density at radius 3 is 3.16 bits per heavy atom. The van der Waals surface area contributed by atoms with Gasteiger partial charge in [-0.05, 0) is 38.1 Å². The topological polar surface area (TPSA) is 57.8 Å². The van der Waals surface area contributed by atoms with E-state index in [1.165, 1.54) is 6.42 Å². The van der Waals surface area contributed by atoms with Crippen LogP contribution in [0.25, 0.3) is 5.52 Å². The van der Waals surface area contributed by atoms with Gasteiger partial charge in [0.25, 0.3) is 0 Å². The van der Waals surface area contributed by atoms with Crippen molar-refractivity contribution in [3.63, 3.8) is 0 Å². The molecule has 2 aromatic rings. The summed E-state index contributed by atoms with van der Waals surface area (Å²) in [4.78, 5) is 18.1. The summed E-state index contributed by atoms with van der Waals surface area (Å²) in [6.45, 7) is 4.24. The number of hydrogen-bond acceptors (Lipinski definition) is 3. The predicted octanol–water partition coefficient (Wildman–Crippen LogP) is 2.19. The molecule has 19 heavy (non-hydrogen) atoms. The van der Waals surface area contributed by atoms with Crippen molar-refractivity contribution >= 4 is 11.5 Å². The van der Waals surface area contributed by atoms with E-state index in [9.17, 15) is 9.90 Å². The first-order valence-electron chi connectivity index (χ1n) is 6.65. The van der Waals surface area contributed by atoms with Crippen molar-refractivity contribution in [1.82, 2.24) is 14.3 Å². The summed E-state index contributed by atoms with van der Waals surface area (Å²) in [7, 11) is 0. The van der Waals surface area contributed by atoms with Crippen molar-refractivity contribution in [2.45, 2.75) is 25.8 Å². The van der Waals surface area contributed by atoms with E-state index in [1.807, 2.05) is 10.6 Å². The van der Waals surface area contributed by atoms with Crippen molar-refractivity contribution in [2.24, 2.45) is 0 Å². The van der Waals surface area contributed by atoms with Gasteiger partial charge in [-0.1, -0.05) is 6.92 Å². The lowest BCUT2D eigenvalue weighted by atomic mass is 10.2. The van der Waals surface area contributed by atoms with Crippen LogP contribution in [0.5, 0.6) is 0 Å². The summed E-state index contributed by atoms with van der Waals surface area (Å²) in [5.74, 6) is 0.0493. The predicted molar refractivity (Wildman–Crippen MR) is 71.4 cm³/mol. The Morgan fingerprint density at radius 1 is 1.58 bits per heavy atom. The second-order valence-corrected chi connectivity index (χ2v) is 4.89. The van der Waals surface area contributed by atoms with Gasteiger partial charge in [0.15, 0.2) is 0 Å². The average molecular weight is 259 g/mol. The minimum atomic E-state index is -0.907. The van der Waals surface area contributed by atoms with Crippen LogP contribution in [0.3, 0.4) is 0 Å². The number of likely N-dealkylation sites (tertiary alicyclic amines) is 1. The van der Waals surface area contributed by atoms with Crippen LogP contribution in [0.1, 0.15) is 42.0 Å². The quantitative estimate of drug-likeness (QED) is 0.918. The summed E-state index contributed by atoms with van der Waals surface area (Å²) >= 11 is 0. The third kappa shape index (κ3) is 1.90. The van der Waals surface area contributed by atoms with Gasteiger partial charge in [-0.3, -0.25) is 4.90 Å². The molecule has 5 heteroatoms. The molecule has 5 nitrogen and oxygen atoms in total. The van der Waals surface area contributed by atoms with E-state index in [0.717, 1.165) is 25.3 Å². The van der Waals surface area contributed by atoms with Crippen LogP contribution >= 0.6 is 0 Å². The molecule has 1 aliphatic heterocycles. The van der Waals surface area contributed by atoms with Crippen LogP contribution in [0, 0.1) is 0 Å². The molecule has 1 saturated heterocycles. The molecule has 1 N–H and O–H groups in total. The van der Waals surface area contributed by atoms with Crippen molar-refractivity contribution in [3.05, 3.63) is 35.9 Å². The second-order valence-electron chi connectivity index (χ2n) is 4.89. The minimum absolute atomic E-state index is 0.302.